The fourth-order valence-electron chi connectivity index (χ4n) is 2.00. The van der Waals surface area contributed by atoms with E-state index < -0.39 is 10.8 Å². The number of benzene rings is 1. The highest BCUT2D eigenvalue weighted by Gasteiger charge is 2.17. The van der Waals surface area contributed by atoms with Crippen LogP contribution in [0.4, 0.5) is 11.4 Å². The molecule has 5 heteroatoms. The van der Waals surface area contributed by atoms with Gasteiger partial charge in [-0.15, -0.1) is 0 Å². The highest BCUT2D eigenvalue weighted by Crippen LogP contribution is 2.24. The minimum absolute atomic E-state index is 0.388. The Morgan fingerprint density at radius 3 is 2.71 bits per heavy atom. The minimum atomic E-state index is -0.619. The largest absolute Gasteiger partial charge is 0.497 e. The summed E-state index contributed by atoms with van der Waals surface area (Å²) in [6, 6.07) is 6.01. The van der Waals surface area contributed by atoms with Gasteiger partial charge in [-0.05, 0) is 18.9 Å². The summed E-state index contributed by atoms with van der Waals surface area (Å²) >= 11 is 0. The molecule has 0 aliphatic carbocycles. The van der Waals surface area contributed by atoms with Crippen molar-refractivity contribution >= 4 is 22.2 Å². The molecule has 17 heavy (non-hydrogen) atoms. The first kappa shape index (κ1) is 12.2. The highest BCUT2D eigenvalue weighted by molar-refractivity contribution is 7.85. The van der Waals surface area contributed by atoms with Crippen molar-refractivity contribution in [2.45, 2.75) is 18.9 Å². The molecule has 1 heterocycles. The van der Waals surface area contributed by atoms with Crippen molar-refractivity contribution in [2.75, 3.05) is 29.7 Å². The lowest BCUT2D eigenvalue weighted by atomic mass is 10.1. The van der Waals surface area contributed by atoms with Crippen molar-refractivity contribution in [1.82, 2.24) is 0 Å². The minimum Gasteiger partial charge on any atom is -0.497 e. The van der Waals surface area contributed by atoms with Gasteiger partial charge in [0.25, 0.3) is 0 Å². The van der Waals surface area contributed by atoms with Crippen molar-refractivity contribution in [2.24, 2.45) is 0 Å². The zero-order valence-electron chi connectivity index (χ0n) is 9.94. The molecule has 0 bridgehead atoms. The van der Waals surface area contributed by atoms with Crippen LogP contribution in [0, 0.1) is 0 Å². The highest BCUT2D eigenvalue weighted by atomic mass is 32.2. The van der Waals surface area contributed by atoms with E-state index in [0.717, 1.165) is 35.8 Å². The summed E-state index contributed by atoms with van der Waals surface area (Å²) in [5.41, 5.74) is 7.45. The number of ether oxygens (including phenoxy) is 1. The molecule has 1 aliphatic heterocycles. The zero-order valence-corrected chi connectivity index (χ0v) is 10.8. The number of nitrogens with two attached hydrogens (primary N) is 1. The Bertz CT molecular complexity index is 413. The number of hydrogen-bond donors (Lipinski definition) is 2. The third-order valence-electron chi connectivity index (χ3n) is 2.92. The van der Waals surface area contributed by atoms with Gasteiger partial charge in [0.05, 0.1) is 7.11 Å². The Hall–Kier alpha value is -1.23. The van der Waals surface area contributed by atoms with Gasteiger partial charge in [-0.2, -0.15) is 0 Å². The summed E-state index contributed by atoms with van der Waals surface area (Å²) in [4.78, 5) is 0. The van der Waals surface area contributed by atoms with Crippen molar-refractivity contribution in [3.63, 3.8) is 0 Å². The summed E-state index contributed by atoms with van der Waals surface area (Å²) in [7, 11) is 1.01. The second-order valence-corrected chi connectivity index (χ2v) is 5.96. The monoisotopic (exact) mass is 254 g/mol. The van der Waals surface area contributed by atoms with Crippen LogP contribution < -0.4 is 15.8 Å². The van der Waals surface area contributed by atoms with Gasteiger partial charge in [0.15, 0.2) is 0 Å². The number of rotatable bonds is 3. The molecule has 0 amide bonds. The van der Waals surface area contributed by atoms with Crippen LogP contribution in [0.5, 0.6) is 5.75 Å². The van der Waals surface area contributed by atoms with E-state index in [1.165, 1.54) is 0 Å². The molecule has 1 aromatic carbocycles. The smallest absolute Gasteiger partial charge is 0.122 e. The fraction of sp³-hybridized carbons (Fsp3) is 0.500. The van der Waals surface area contributed by atoms with E-state index in [-0.39, 0.29) is 0 Å². The van der Waals surface area contributed by atoms with Gasteiger partial charge in [-0.1, -0.05) is 0 Å². The summed E-state index contributed by atoms with van der Waals surface area (Å²) in [5, 5.41) is 3.42. The third kappa shape index (κ3) is 3.36. The maximum Gasteiger partial charge on any atom is 0.122 e. The van der Waals surface area contributed by atoms with Crippen LogP contribution in [0.2, 0.25) is 0 Å². The normalized spacial score (nSPS) is 24.3. The van der Waals surface area contributed by atoms with Gasteiger partial charge in [0.2, 0.25) is 0 Å². The molecule has 0 saturated carbocycles. The van der Waals surface area contributed by atoms with Crippen molar-refractivity contribution in [3.05, 3.63) is 18.2 Å². The van der Waals surface area contributed by atoms with Gasteiger partial charge >= 0.3 is 0 Å². The molecule has 0 atom stereocenters. The zero-order chi connectivity index (χ0) is 12.3. The average Bonchev–Trinajstić information content (AvgIpc) is 2.31. The van der Waals surface area contributed by atoms with Crippen LogP contribution in [0.1, 0.15) is 12.8 Å². The second kappa shape index (κ2) is 5.40. The molecular weight excluding hydrogens is 236 g/mol. The molecule has 1 fully saturated rings. The molecule has 0 aromatic heterocycles. The molecule has 4 nitrogen and oxygen atoms in total. The molecule has 94 valence electrons. The first-order valence-electron chi connectivity index (χ1n) is 5.73. The molecule has 1 saturated heterocycles. The number of nitrogen functional groups attached to an aromatic ring is 1. The van der Waals surface area contributed by atoms with E-state index in [4.69, 9.17) is 10.5 Å². The Morgan fingerprint density at radius 1 is 1.35 bits per heavy atom. The van der Waals surface area contributed by atoms with Crippen LogP contribution in [-0.4, -0.2) is 28.9 Å². The van der Waals surface area contributed by atoms with Crippen molar-refractivity contribution in [3.8, 4) is 5.75 Å². The first-order valence-corrected chi connectivity index (χ1v) is 7.22. The summed E-state index contributed by atoms with van der Waals surface area (Å²) < 4.78 is 16.4. The van der Waals surface area contributed by atoms with Gasteiger partial charge in [-0.25, -0.2) is 0 Å². The number of nitrogens with one attached hydrogen (secondary N) is 1. The van der Waals surface area contributed by atoms with E-state index in [2.05, 4.69) is 5.32 Å². The Balaban J connectivity index is 2.02. The van der Waals surface area contributed by atoms with E-state index in [1.54, 1.807) is 13.2 Å². The Labute approximate surface area is 104 Å². The molecule has 3 N–H and O–H groups in total. The first-order chi connectivity index (χ1) is 8.17. The molecule has 0 radical (unpaired) electrons. The van der Waals surface area contributed by atoms with Gasteiger partial charge in [0, 0.05) is 51.9 Å². The summed E-state index contributed by atoms with van der Waals surface area (Å²) in [5.74, 6) is 2.33. The maximum atomic E-state index is 11.3. The molecule has 0 unspecified atom stereocenters. The van der Waals surface area contributed by atoms with E-state index in [0.29, 0.717) is 11.7 Å². The molecule has 1 aliphatic rings. The SMILES string of the molecule is COc1cc(N)cc(NC2CCS(=O)CC2)c1. The lowest BCUT2D eigenvalue weighted by Crippen LogP contribution is -2.29. The van der Waals surface area contributed by atoms with Crippen LogP contribution in [0.25, 0.3) is 0 Å². The topological polar surface area (TPSA) is 64.3 Å². The van der Waals surface area contributed by atoms with Crippen LogP contribution in [0.15, 0.2) is 18.2 Å². The maximum absolute atomic E-state index is 11.3. The van der Waals surface area contributed by atoms with Gasteiger partial charge in [0.1, 0.15) is 5.75 Å². The lowest BCUT2D eigenvalue weighted by Gasteiger charge is -2.24. The number of anilines is 2. The average molecular weight is 254 g/mol. The van der Waals surface area contributed by atoms with Crippen LogP contribution in [0.3, 0.4) is 0 Å². The van der Waals surface area contributed by atoms with E-state index >= 15 is 0 Å². The quantitative estimate of drug-likeness (QED) is 0.804. The third-order valence-corrected chi connectivity index (χ3v) is 4.31. The van der Waals surface area contributed by atoms with E-state index in [1.807, 2.05) is 12.1 Å². The predicted octanol–water partition coefficient (Wildman–Crippen LogP) is 1.60. The molecule has 0 spiro atoms. The second-order valence-electron chi connectivity index (χ2n) is 4.26. The lowest BCUT2D eigenvalue weighted by molar-refractivity contribution is 0.415. The molecule has 1 aromatic rings. The molecule has 2 rings (SSSR count). The summed E-state index contributed by atoms with van der Waals surface area (Å²) in [6.07, 6.45) is 1.90. The molecular formula is C12H18N2O2S. The van der Waals surface area contributed by atoms with Crippen molar-refractivity contribution < 1.29 is 8.95 Å². The number of hydrogen-bond acceptors (Lipinski definition) is 4. The summed E-state index contributed by atoms with van der Waals surface area (Å²) in [6.45, 7) is 0. The van der Waals surface area contributed by atoms with Crippen LogP contribution in [-0.2, 0) is 10.8 Å². The standard InChI is InChI=1S/C12H18N2O2S/c1-16-12-7-9(13)6-11(8-12)14-10-2-4-17(15)5-3-10/h6-8,10,14H,2-5,13H2,1H3. The predicted molar refractivity (Wildman–Crippen MR) is 71.9 cm³/mol. The van der Waals surface area contributed by atoms with E-state index in [9.17, 15) is 4.21 Å². The van der Waals surface area contributed by atoms with Gasteiger partial charge in [-0.3, -0.25) is 4.21 Å². The Morgan fingerprint density at radius 2 is 2.06 bits per heavy atom. The Kier molecular flexibility index (Phi) is 3.89. The van der Waals surface area contributed by atoms with Gasteiger partial charge < -0.3 is 15.8 Å². The number of methoxy groups -OCH3 is 1. The fourth-order valence-corrected chi connectivity index (χ4v) is 3.30. The van der Waals surface area contributed by atoms with Crippen molar-refractivity contribution in [1.29, 1.82) is 0 Å². The van der Waals surface area contributed by atoms with Crippen LogP contribution >= 0.6 is 0 Å².